The van der Waals surface area contributed by atoms with Crippen LogP contribution in [0, 0.1) is 11.3 Å². The lowest BCUT2D eigenvalue weighted by molar-refractivity contribution is 0.518. The molecule has 0 atom stereocenters. The molecule has 11 heavy (non-hydrogen) atoms. The molecule has 0 aliphatic heterocycles. The molecule has 0 aliphatic carbocycles. The Labute approximate surface area is 69.7 Å². The van der Waals surface area contributed by atoms with E-state index in [-0.39, 0.29) is 5.48 Å². The van der Waals surface area contributed by atoms with Crippen LogP contribution in [-0.4, -0.2) is 17.6 Å². The number of hydrogen-bond acceptors (Lipinski definition) is 2. The molecule has 3 N–H and O–H groups in total. The maximum atomic E-state index is 7.32. The molecular formula is C8H20N2O. The number of rotatable bonds is 2. The first-order valence-electron chi connectivity index (χ1n) is 3.61. The van der Waals surface area contributed by atoms with E-state index in [1.54, 1.807) is 6.07 Å². The molecule has 0 aliphatic rings. The van der Waals surface area contributed by atoms with Crippen molar-refractivity contribution in [1.82, 2.24) is 5.32 Å². The molecule has 0 unspecified atom stereocenters. The summed E-state index contributed by atoms with van der Waals surface area (Å²) in [6, 6.07) is 3.00. The number of hydrogen-bond donors (Lipinski definition) is 1. The number of nitriles is 1. The Hall–Kier alpha value is -0.590. The van der Waals surface area contributed by atoms with Gasteiger partial charge in [-0.1, -0.05) is 27.7 Å². The van der Waals surface area contributed by atoms with Gasteiger partial charge in [-0.2, -0.15) is 5.26 Å². The molecule has 0 radical (unpaired) electrons. The molecule has 3 heteroatoms. The minimum Gasteiger partial charge on any atom is -0.412 e. The van der Waals surface area contributed by atoms with Gasteiger partial charge in [0.25, 0.3) is 0 Å². The van der Waals surface area contributed by atoms with Crippen molar-refractivity contribution in [3.05, 3.63) is 0 Å². The standard InChI is InChI=1S/C6H15N.C2H3N.H2O/c1-5(2)7-6(3)4;1-2-3;/h5-7H,1-4H3;1H3;1H2. The highest BCUT2D eigenvalue weighted by Crippen LogP contribution is 1.80. The van der Waals surface area contributed by atoms with Crippen LogP contribution in [-0.2, 0) is 0 Å². The third-order valence-electron chi connectivity index (χ3n) is 0.667. The quantitative estimate of drug-likeness (QED) is 0.657. The summed E-state index contributed by atoms with van der Waals surface area (Å²) < 4.78 is 0. The normalized spacial score (nSPS) is 7.82. The van der Waals surface area contributed by atoms with Gasteiger partial charge in [-0.15, -0.1) is 0 Å². The van der Waals surface area contributed by atoms with Crippen LogP contribution in [0.15, 0.2) is 0 Å². The van der Waals surface area contributed by atoms with E-state index in [1.165, 1.54) is 6.92 Å². The van der Waals surface area contributed by atoms with Crippen molar-refractivity contribution in [3.8, 4) is 6.07 Å². The molecule has 0 saturated heterocycles. The second kappa shape index (κ2) is 12.1. The van der Waals surface area contributed by atoms with Gasteiger partial charge in [0, 0.05) is 19.0 Å². The Morgan fingerprint density at radius 3 is 1.27 bits per heavy atom. The fraction of sp³-hybridized carbons (Fsp3) is 0.875. The van der Waals surface area contributed by atoms with E-state index in [0.29, 0.717) is 12.1 Å². The largest absolute Gasteiger partial charge is 0.412 e. The van der Waals surface area contributed by atoms with Crippen LogP contribution in [0.5, 0.6) is 0 Å². The third kappa shape index (κ3) is 44.4. The summed E-state index contributed by atoms with van der Waals surface area (Å²) in [6.45, 7) is 10.0. The molecule has 0 heterocycles. The van der Waals surface area contributed by atoms with Gasteiger partial charge in [-0.25, -0.2) is 0 Å². The van der Waals surface area contributed by atoms with Gasteiger partial charge in [-0.05, 0) is 0 Å². The zero-order valence-electron chi connectivity index (χ0n) is 8.10. The highest BCUT2D eigenvalue weighted by Gasteiger charge is 1.92. The summed E-state index contributed by atoms with van der Waals surface area (Å²) in [5.41, 5.74) is 0. The second-order valence-corrected chi connectivity index (χ2v) is 2.70. The fourth-order valence-electron chi connectivity index (χ4n) is 0.667. The zero-order valence-corrected chi connectivity index (χ0v) is 8.10. The Morgan fingerprint density at radius 2 is 1.27 bits per heavy atom. The molecule has 0 bridgehead atoms. The van der Waals surface area contributed by atoms with E-state index in [0.717, 1.165) is 0 Å². The molecule has 0 aromatic rings. The molecule has 0 rings (SSSR count). The van der Waals surface area contributed by atoms with E-state index in [1.807, 2.05) is 0 Å². The lowest BCUT2D eigenvalue weighted by Gasteiger charge is -2.10. The van der Waals surface area contributed by atoms with Crippen LogP contribution in [0.3, 0.4) is 0 Å². The Kier molecular flexibility index (Phi) is 18.5. The Bertz CT molecular complexity index is 88.8. The van der Waals surface area contributed by atoms with Crippen molar-refractivity contribution >= 4 is 0 Å². The average molecular weight is 160 g/mol. The van der Waals surface area contributed by atoms with Gasteiger partial charge in [0.05, 0.1) is 6.07 Å². The second-order valence-electron chi connectivity index (χ2n) is 2.70. The van der Waals surface area contributed by atoms with E-state index in [4.69, 9.17) is 5.26 Å². The molecule has 0 aromatic heterocycles. The van der Waals surface area contributed by atoms with Gasteiger partial charge in [0.1, 0.15) is 0 Å². The summed E-state index contributed by atoms with van der Waals surface area (Å²) in [5.74, 6) is 0. The molecule has 0 spiro atoms. The van der Waals surface area contributed by atoms with Crippen LogP contribution >= 0.6 is 0 Å². The maximum Gasteiger partial charge on any atom is 0.0587 e. The Morgan fingerprint density at radius 1 is 1.09 bits per heavy atom. The van der Waals surface area contributed by atoms with Crippen LogP contribution in [0.25, 0.3) is 0 Å². The van der Waals surface area contributed by atoms with Crippen molar-refractivity contribution in [1.29, 1.82) is 5.26 Å². The highest BCUT2D eigenvalue weighted by molar-refractivity contribution is 4.55. The maximum absolute atomic E-state index is 7.32. The topological polar surface area (TPSA) is 67.3 Å². The molecule has 3 nitrogen and oxygen atoms in total. The van der Waals surface area contributed by atoms with Crippen LogP contribution in [0.4, 0.5) is 0 Å². The fourth-order valence-corrected chi connectivity index (χ4v) is 0.667. The van der Waals surface area contributed by atoms with Crippen LogP contribution < -0.4 is 5.32 Å². The van der Waals surface area contributed by atoms with Crippen LogP contribution in [0.2, 0.25) is 0 Å². The minimum absolute atomic E-state index is 0. The average Bonchev–Trinajstić information content (AvgIpc) is 1.62. The Balaban J connectivity index is -0.000000140. The number of nitrogens with one attached hydrogen (secondary N) is 1. The third-order valence-corrected chi connectivity index (χ3v) is 0.667. The SMILES string of the molecule is CC#N.CC(C)NC(C)C.O. The molecule has 0 saturated carbocycles. The highest BCUT2D eigenvalue weighted by atomic mass is 16.0. The lowest BCUT2D eigenvalue weighted by Crippen LogP contribution is -2.29. The van der Waals surface area contributed by atoms with Gasteiger partial charge >= 0.3 is 0 Å². The van der Waals surface area contributed by atoms with E-state index >= 15 is 0 Å². The molecule has 0 amide bonds. The van der Waals surface area contributed by atoms with Crippen LogP contribution in [0.1, 0.15) is 34.6 Å². The van der Waals surface area contributed by atoms with Gasteiger partial charge in [0.15, 0.2) is 0 Å². The first-order chi connectivity index (χ1) is 4.54. The summed E-state index contributed by atoms with van der Waals surface area (Å²) >= 11 is 0. The van der Waals surface area contributed by atoms with Crippen molar-refractivity contribution in [2.75, 3.05) is 0 Å². The monoisotopic (exact) mass is 160 g/mol. The van der Waals surface area contributed by atoms with Crippen molar-refractivity contribution in [2.45, 2.75) is 46.7 Å². The van der Waals surface area contributed by atoms with Crippen molar-refractivity contribution in [2.24, 2.45) is 0 Å². The lowest BCUT2D eigenvalue weighted by atomic mass is 10.3. The first kappa shape index (κ1) is 16.8. The molecular weight excluding hydrogens is 140 g/mol. The van der Waals surface area contributed by atoms with E-state index in [2.05, 4.69) is 33.0 Å². The molecule has 0 fully saturated rings. The van der Waals surface area contributed by atoms with E-state index in [9.17, 15) is 0 Å². The smallest absolute Gasteiger partial charge is 0.0587 e. The first-order valence-corrected chi connectivity index (χ1v) is 3.61. The minimum atomic E-state index is 0. The summed E-state index contributed by atoms with van der Waals surface area (Å²) in [6.07, 6.45) is 0. The van der Waals surface area contributed by atoms with Crippen molar-refractivity contribution in [3.63, 3.8) is 0 Å². The number of nitrogens with zero attached hydrogens (tertiary/aromatic N) is 1. The van der Waals surface area contributed by atoms with Crippen molar-refractivity contribution < 1.29 is 5.48 Å². The molecule has 0 aromatic carbocycles. The predicted molar refractivity (Wildman–Crippen MR) is 48.3 cm³/mol. The van der Waals surface area contributed by atoms with Gasteiger partial charge < -0.3 is 10.8 Å². The zero-order chi connectivity index (χ0) is 8.57. The summed E-state index contributed by atoms with van der Waals surface area (Å²) in [7, 11) is 0. The summed E-state index contributed by atoms with van der Waals surface area (Å²) in [5, 5.41) is 10.6. The molecule has 68 valence electrons. The predicted octanol–water partition coefficient (Wildman–Crippen LogP) is 1.10. The van der Waals surface area contributed by atoms with E-state index < -0.39 is 0 Å². The van der Waals surface area contributed by atoms with Gasteiger partial charge in [-0.3, -0.25) is 0 Å². The summed E-state index contributed by atoms with van der Waals surface area (Å²) in [4.78, 5) is 0. The van der Waals surface area contributed by atoms with Gasteiger partial charge in [0.2, 0.25) is 0 Å².